The molecule has 1 aliphatic heterocycles. The number of aryl methyl sites for hydroxylation is 1. The van der Waals surface area contributed by atoms with Crippen LogP contribution in [0.1, 0.15) is 56.2 Å². The van der Waals surface area contributed by atoms with Crippen LogP contribution in [-0.4, -0.2) is 25.1 Å². The maximum absolute atomic E-state index is 11.8. The summed E-state index contributed by atoms with van der Waals surface area (Å²) in [4.78, 5) is 11.8. The van der Waals surface area contributed by atoms with E-state index in [2.05, 4.69) is 22.8 Å². The Hall–Kier alpha value is -1.59. The minimum absolute atomic E-state index is 0.0699. The van der Waals surface area contributed by atoms with Crippen molar-refractivity contribution in [1.29, 1.82) is 0 Å². The third-order valence-electron chi connectivity index (χ3n) is 4.76. The van der Waals surface area contributed by atoms with E-state index in [1.54, 1.807) is 6.92 Å². The molecule has 5 heteroatoms. The lowest BCUT2D eigenvalue weighted by atomic mass is 9.86. The normalized spacial score (nSPS) is 22.8. The van der Waals surface area contributed by atoms with Gasteiger partial charge in [0.25, 0.3) is 5.91 Å². The third-order valence-corrected chi connectivity index (χ3v) is 4.76. The van der Waals surface area contributed by atoms with E-state index in [0.29, 0.717) is 6.04 Å². The lowest BCUT2D eigenvalue weighted by Crippen LogP contribution is -2.35. The molecule has 23 heavy (non-hydrogen) atoms. The van der Waals surface area contributed by atoms with Crippen LogP contribution in [-0.2, 0) is 11.2 Å². The molecule has 1 aliphatic carbocycles. The van der Waals surface area contributed by atoms with Crippen molar-refractivity contribution >= 4 is 11.6 Å². The van der Waals surface area contributed by atoms with Gasteiger partial charge in [-0.2, -0.15) is 0 Å². The van der Waals surface area contributed by atoms with Gasteiger partial charge in [-0.3, -0.25) is 4.79 Å². The molecule has 2 atom stereocenters. The minimum Gasteiger partial charge on any atom is -0.479 e. The maximum Gasteiger partial charge on any atom is 0.265 e. The Morgan fingerprint density at radius 2 is 2.22 bits per heavy atom. The molecule has 1 amide bonds. The average Bonchev–Trinajstić information content (AvgIpc) is 2.54. The fourth-order valence-electron chi connectivity index (χ4n) is 3.44. The predicted octanol–water partition coefficient (Wildman–Crippen LogP) is 2.50. The maximum atomic E-state index is 11.8. The first-order valence-electron chi connectivity index (χ1n) is 8.77. The van der Waals surface area contributed by atoms with E-state index in [4.69, 9.17) is 10.5 Å². The fourth-order valence-corrected chi connectivity index (χ4v) is 3.44. The van der Waals surface area contributed by atoms with Crippen molar-refractivity contribution in [3.05, 3.63) is 23.3 Å². The van der Waals surface area contributed by atoms with E-state index in [1.807, 2.05) is 0 Å². The highest BCUT2D eigenvalue weighted by Crippen LogP contribution is 2.39. The Bertz CT molecular complexity index is 574. The van der Waals surface area contributed by atoms with Crippen LogP contribution in [0.3, 0.4) is 0 Å². The quantitative estimate of drug-likeness (QED) is 0.705. The van der Waals surface area contributed by atoms with Crippen molar-refractivity contribution in [2.75, 3.05) is 18.4 Å². The zero-order valence-corrected chi connectivity index (χ0v) is 13.9. The topological polar surface area (TPSA) is 76.4 Å². The van der Waals surface area contributed by atoms with Crippen LogP contribution >= 0.6 is 0 Å². The summed E-state index contributed by atoms with van der Waals surface area (Å²) in [6, 6.07) is 4.59. The summed E-state index contributed by atoms with van der Waals surface area (Å²) >= 11 is 0. The monoisotopic (exact) mass is 317 g/mol. The standard InChI is InChI=1S/C18H27N3O2/c1-12-18(22)21-16-11-14-13(10-17(16)23-12)6-5-7-15(14)20-9-4-2-3-8-19/h10-12,15,20H,2-9,19H2,1H3,(H,21,22). The molecule has 0 aromatic heterocycles. The number of carbonyl (C=O) groups excluding carboxylic acids is 1. The average molecular weight is 317 g/mol. The Kier molecular flexibility index (Phi) is 5.18. The summed E-state index contributed by atoms with van der Waals surface area (Å²) in [5.41, 5.74) is 9.00. The number of benzene rings is 1. The molecular weight excluding hydrogens is 290 g/mol. The summed E-state index contributed by atoms with van der Waals surface area (Å²) in [6.07, 6.45) is 6.43. The second-order valence-electron chi connectivity index (χ2n) is 6.54. The van der Waals surface area contributed by atoms with Gasteiger partial charge in [-0.1, -0.05) is 6.42 Å². The summed E-state index contributed by atoms with van der Waals surface area (Å²) in [5, 5.41) is 6.63. The van der Waals surface area contributed by atoms with E-state index in [0.717, 1.165) is 50.2 Å². The highest BCUT2D eigenvalue weighted by molar-refractivity contribution is 5.97. The zero-order valence-electron chi connectivity index (χ0n) is 13.9. The zero-order chi connectivity index (χ0) is 16.2. The van der Waals surface area contributed by atoms with Crippen LogP contribution in [0.15, 0.2) is 12.1 Å². The van der Waals surface area contributed by atoms with Crippen molar-refractivity contribution in [2.45, 2.75) is 57.6 Å². The smallest absolute Gasteiger partial charge is 0.265 e. The molecule has 3 rings (SSSR count). The molecule has 5 nitrogen and oxygen atoms in total. The van der Waals surface area contributed by atoms with Gasteiger partial charge in [0.2, 0.25) is 0 Å². The number of hydrogen-bond donors (Lipinski definition) is 3. The van der Waals surface area contributed by atoms with E-state index in [-0.39, 0.29) is 5.91 Å². The van der Waals surface area contributed by atoms with Gasteiger partial charge in [0, 0.05) is 6.04 Å². The highest BCUT2D eigenvalue weighted by Gasteiger charge is 2.27. The SMILES string of the molecule is CC1Oc2cc3c(cc2NC1=O)C(NCCCCCN)CCC3. The van der Waals surface area contributed by atoms with Crippen LogP contribution < -0.4 is 21.1 Å². The van der Waals surface area contributed by atoms with Crippen molar-refractivity contribution < 1.29 is 9.53 Å². The molecule has 0 bridgehead atoms. The molecule has 0 saturated heterocycles. The number of nitrogens with one attached hydrogen (secondary N) is 2. The summed E-state index contributed by atoms with van der Waals surface area (Å²) in [6.45, 7) is 3.57. The molecule has 2 unspecified atom stereocenters. The first-order chi connectivity index (χ1) is 11.2. The van der Waals surface area contributed by atoms with Crippen molar-refractivity contribution in [1.82, 2.24) is 5.32 Å². The van der Waals surface area contributed by atoms with Crippen molar-refractivity contribution in [3.8, 4) is 5.75 Å². The molecule has 2 aliphatic rings. The third kappa shape index (κ3) is 3.67. The van der Waals surface area contributed by atoms with Crippen LogP contribution in [0.2, 0.25) is 0 Å². The second kappa shape index (κ2) is 7.32. The Labute approximate surface area is 138 Å². The number of rotatable bonds is 6. The van der Waals surface area contributed by atoms with Gasteiger partial charge >= 0.3 is 0 Å². The number of amides is 1. The largest absolute Gasteiger partial charge is 0.479 e. The Morgan fingerprint density at radius 3 is 3.04 bits per heavy atom. The number of anilines is 1. The van der Waals surface area contributed by atoms with Gasteiger partial charge in [-0.15, -0.1) is 0 Å². The summed E-state index contributed by atoms with van der Waals surface area (Å²) in [7, 11) is 0. The van der Waals surface area contributed by atoms with Gasteiger partial charge in [0.1, 0.15) is 5.75 Å². The first kappa shape index (κ1) is 16.3. The molecule has 0 spiro atoms. The van der Waals surface area contributed by atoms with Gasteiger partial charge in [0.15, 0.2) is 6.10 Å². The van der Waals surface area contributed by atoms with Crippen LogP contribution in [0.5, 0.6) is 5.75 Å². The molecular formula is C18H27N3O2. The van der Waals surface area contributed by atoms with Gasteiger partial charge in [-0.25, -0.2) is 0 Å². The highest BCUT2D eigenvalue weighted by atomic mass is 16.5. The number of ether oxygens (including phenoxy) is 1. The number of nitrogens with two attached hydrogens (primary N) is 1. The van der Waals surface area contributed by atoms with Gasteiger partial charge in [0.05, 0.1) is 5.69 Å². The number of carbonyl (C=O) groups is 1. The molecule has 0 fully saturated rings. The molecule has 0 saturated carbocycles. The van der Waals surface area contributed by atoms with Gasteiger partial charge < -0.3 is 21.1 Å². The summed E-state index contributed by atoms with van der Waals surface area (Å²) in [5.74, 6) is 0.735. The Balaban J connectivity index is 1.71. The van der Waals surface area contributed by atoms with Gasteiger partial charge in [-0.05, 0) is 75.4 Å². The van der Waals surface area contributed by atoms with E-state index >= 15 is 0 Å². The molecule has 1 aromatic carbocycles. The van der Waals surface area contributed by atoms with Crippen LogP contribution in [0, 0.1) is 0 Å². The first-order valence-corrected chi connectivity index (χ1v) is 8.77. The van der Waals surface area contributed by atoms with Crippen LogP contribution in [0.4, 0.5) is 5.69 Å². The fraction of sp³-hybridized carbons (Fsp3) is 0.611. The molecule has 1 aromatic rings. The summed E-state index contributed by atoms with van der Waals surface area (Å²) < 4.78 is 5.73. The van der Waals surface area contributed by atoms with Crippen LogP contribution in [0.25, 0.3) is 0 Å². The minimum atomic E-state index is -0.416. The molecule has 126 valence electrons. The predicted molar refractivity (Wildman–Crippen MR) is 91.7 cm³/mol. The lowest BCUT2D eigenvalue weighted by molar-refractivity contribution is -0.122. The van der Waals surface area contributed by atoms with Crippen molar-refractivity contribution in [3.63, 3.8) is 0 Å². The molecule has 0 radical (unpaired) electrons. The lowest BCUT2D eigenvalue weighted by Gasteiger charge is -2.30. The number of fused-ring (bicyclic) bond motifs is 2. The number of hydrogen-bond acceptors (Lipinski definition) is 4. The van der Waals surface area contributed by atoms with E-state index in [9.17, 15) is 4.79 Å². The molecule has 4 N–H and O–H groups in total. The van der Waals surface area contributed by atoms with E-state index in [1.165, 1.54) is 24.0 Å². The molecule has 1 heterocycles. The van der Waals surface area contributed by atoms with Crippen molar-refractivity contribution in [2.24, 2.45) is 5.73 Å². The Morgan fingerprint density at radius 1 is 1.35 bits per heavy atom. The second-order valence-corrected chi connectivity index (χ2v) is 6.54. The van der Waals surface area contributed by atoms with E-state index < -0.39 is 6.10 Å². The number of unbranched alkanes of at least 4 members (excludes halogenated alkanes) is 2.